The zero-order chi connectivity index (χ0) is 33.5. The molecule has 5 rings (SSSR count). The van der Waals surface area contributed by atoms with E-state index in [4.69, 9.17) is 4.42 Å². The monoisotopic (exact) mass is 659 g/mol. The van der Waals surface area contributed by atoms with Crippen molar-refractivity contribution in [3.05, 3.63) is 93.3 Å². The lowest BCUT2D eigenvalue weighted by atomic mass is 10.0. The van der Waals surface area contributed by atoms with Crippen LogP contribution in [0.15, 0.2) is 58.6 Å². The Morgan fingerprint density at radius 3 is 2.62 bits per heavy atom. The van der Waals surface area contributed by atoms with Gasteiger partial charge in [-0.2, -0.15) is 0 Å². The van der Waals surface area contributed by atoms with Crippen molar-refractivity contribution in [2.75, 3.05) is 19.6 Å². The lowest BCUT2D eigenvalue weighted by Gasteiger charge is -2.23. The first-order valence-electron chi connectivity index (χ1n) is 15.4. The molecule has 4 amide bonds. The van der Waals surface area contributed by atoms with E-state index in [2.05, 4.69) is 30.9 Å². The number of rotatable bonds is 4. The molecular weight excluding hydrogens is 622 g/mol. The van der Waals surface area contributed by atoms with Crippen molar-refractivity contribution in [2.24, 2.45) is 5.92 Å². The number of fused-ring (bicyclic) bond motifs is 4. The van der Waals surface area contributed by atoms with Crippen LogP contribution in [0.2, 0.25) is 0 Å². The molecule has 0 unspecified atom stereocenters. The number of aromatic nitrogens is 3. The van der Waals surface area contributed by atoms with Crippen LogP contribution in [0, 0.1) is 12.8 Å². The van der Waals surface area contributed by atoms with Gasteiger partial charge < -0.3 is 30.4 Å². The Bertz CT molecular complexity index is 1740. The molecule has 0 saturated carbocycles. The van der Waals surface area contributed by atoms with Gasteiger partial charge in [0.15, 0.2) is 5.69 Å². The molecule has 4 N–H and O–H groups in total. The predicted octanol–water partition coefficient (Wildman–Crippen LogP) is 3.73. The summed E-state index contributed by atoms with van der Waals surface area (Å²) in [7, 11) is 0. The van der Waals surface area contributed by atoms with E-state index in [0.29, 0.717) is 23.6 Å². The van der Waals surface area contributed by atoms with Crippen LogP contribution in [-0.2, 0) is 11.2 Å². The lowest BCUT2D eigenvalue weighted by Crippen LogP contribution is -2.40. The number of oxazole rings is 1. The van der Waals surface area contributed by atoms with Crippen molar-refractivity contribution in [2.45, 2.75) is 52.1 Å². The molecule has 0 aliphatic carbocycles. The van der Waals surface area contributed by atoms with Crippen LogP contribution in [0.1, 0.15) is 92.3 Å². The SMILES string of the molecule is Cc1oc2nc1C(=O)N[C@@H](C(C)C)c1nc(cs1)C(=O)NCCN(C(=O)c1cncc(O)c1)CCCC(=O)N[C@H]2Cc1ccccc1. The maximum Gasteiger partial charge on any atom is 0.274 e. The summed E-state index contributed by atoms with van der Waals surface area (Å²) in [6.07, 6.45) is 3.33. The highest BCUT2D eigenvalue weighted by atomic mass is 32.1. The Labute approximate surface area is 275 Å². The van der Waals surface area contributed by atoms with Gasteiger partial charge in [-0.3, -0.25) is 24.2 Å². The first-order valence-corrected chi connectivity index (χ1v) is 16.3. The first-order chi connectivity index (χ1) is 22.6. The molecule has 246 valence electrons. The summed E-state index contributed by atoms with van der Waals surface area (Å²) in [6.45, 7) is 5.96. The molecule has 13 nitrogen and oxygen atoms in total. The average molecular weight is 660 g/mol. The average Bonchev–Trinajstić information content (AvgIpc) is 3.69. The number of carbonyl (C=O) groups is 4. The topological polar surface area (TPSA) is 180 Å². The number of nitrogens with one attached hydrogen (secondary N) is 3. The van der Waals surface area contributed by atoms with E-state index in [1.54, 1.807) is 12.3 Å². The van der Waals surface area contributed by atoms with E-state index in [1.165, 1.54) is 34.7 Å². The molecule has 3 aromatic heterocycles. The molecule has 14 heteroatoms. The zero-order valence-electron chi connectivity index (χ0n) is 26.4. The molecule has 47 heavy (non-hydrogen) atoms. The summed E-state index contributed by atoms with van der Waals surface area (Å²) < 4.78 is 5.98. The minimum absolute atomic E-state index is 0.0675. The van der Waals surface area contributed by atoms with Crippen molar-refractivity contribution in [1.29, 1.82) is 0 Å². The van der Waals surface area contributed by atoms with Gasteiger partial charge in [-0.15, -0.1) is 11.3 Å². The highest BCUT2D eigenvalue weighted by molar-refractivity contribution is 7.09. The maximum atomic E-state index is 13.5. The predicted molar refractivity (Wildman–Crippen MR) is 173 cm³/mol. The third-order valence-corrected chi connectivity index (χ3v) is 8.60. The van der Waals surface area contributed by atoms with Gasteiger partial charge in [-0.05, 0) is 30.9 Å². The second-order valence-corrected chi connectivity index (χ2v) is 12.5. The fourth-order valence-electron chi connectivity index (χ4n) is 5.22. The first kappa shape index (κ1) is 33.3. The van der Waals surface area contributed by atoms with Crippen LogP contribution in [-0.4, -0.2) is 68.2 Å². The summed E-state index contributed by atoms with van der Waals surface area (Å²) in [4.78, 5) is 67.6. The van der Waals surface area contributed by atoms with Gasteiger partial charge in [0.05, 0.1) is 17.8 Å². The molecule has 0 radical (unpaired) electrons. The summed E-state index contributed by atoms with van der Waals surface area (Å²) >= 11 is 1.26. The molecule has 1 aliphatic heterocycles. The minimum atomic E-state index is -0.663. The molecule has 4 bridgehead atoms. The van der Waals surface area contributed by atoms with Gasteiger partial charge in [0.25, 0.3) is 17.7 Å². The van der Waals surface area contributed by atoms with E-state index in [9.17, 15) is 24.3 Å². The summed E-state index contributed by atoms with van der Waals surface area (Å²) in [5, 5.41) is 20.9. The van der Waals surface area contributed by atoms with Crippen LogP contribution in [0.4, 0.5) is 0 Å². The number of hydrogen-bond acceptors (Lipinski definition) is 10. The van der Waals surface area contributed by atoms with Gasteiger partial charge >= 0.3 is 0 Å². The Morgan fingerprint density at radius 1 is 1.09 bits per heavy atom. The van der Waals surface area contributed by atoms with Crippen molar-refractivity contribution in [3.63, 3.8) is 0 Å². The van der Waals surface area contributed by atoms with Gasteiger partial charge in [-0.25, -0.2) is 9.97 Å². The number of hydrogen-bond donors (Lipinski definition) is 4. The fourth-order valence-corrected chi connectivity index (χ4v) is 6.24. The van der Waals surface area contributed by atoms with E-state index in [1.807, 2.05) is 44.2 Å². The second kappa shape index (κ2) is 15.0. The van der Waals surface area contributed by atoms with Crippen molar-refractivity contribution >= 4 is 35.0 Å². The number of amides is 4. The summed E-state index contributed by atoms with van der Waals surface area (Å²) in [6, 6.07) is 9.70. The van der Waals surface area contributed by atoms with Crippen LogP contribution >= 0.6 is 11.3 Å². The third kappa shape index (κ3) is 8.38. The normalized spacial score (nSPS) is 18.3. The van der Waals surface area contributed by atoms with Crippen LogP contribution in [0.5, 0.6) is 5.75 Å². The molecule has 4 heterocycles. The quantitative estimate of drug-likeness (QED) is 0.254. The Kier molecular flexibility index (Phi) is 10.6. The fraction of sp³-hybridized carbons (Fsp3) is 0.364. The van der Waals surface area contributed by atoms with Gasteiger partial charge in [0.1, 0.15) is 28.3 Å². The standard InChI is InChI=1S/C33H37N7O6S/c1-19(2)27-32-37-25(18-47-32)29(43)35-11-13-40(33(45)22-15-23(41)17-34-16-22)12-7-10-26(42)36-24(14-21-8-5-4-6-9-21)31-39-28(20(3)46-31)30(44)38-27/h4-6,8-9,15-19,24,27,41H,7,10-14H2,1-3H3,(H,35,43)(H,36,42)(H,38,44)/t24-,27-/m0/s1. The molecule has 1 aromatic carbocycles. The number of aromatic hydroxyl groups is 1. The van der Waals surface area contributed by atoms with Crippen molar-refractivity contribution < 1.29 is 28.7 Å². The van der Waals surface area contributed by atoms with Gasteiger partial charge in [0.2, 0.25) is 11.8 Å². The van der Waals surface area contributed by atoms with Gasteiger partial charge in [-0.1, -0.05) is 44.2 Å². The Balaban J connectivity index is 1.46. The molecule has 0 saturated heterocycles. The van der Waals surface area contributed by atoms with Crippen molar-refractivity contribution in [1.82, 2.24) is 35.8 Å². The van der Waals surface area contributed by atoms with Crippen LogP contribution in [0.25, 0.3) is 0 Å². The number of thiazole rings is 1. The smallest absolute Gasteiger partial charge is 0.274 e. The lowest BCUT2D eigenvalue weighted by molar-refractivity contribution is -0.122. The number of pyridine rings is 1. The minimum Gasteiger partial charge on any atom is -0.506 e. The van der Waals surface area contributed by atoms with Crippen LogP contribution in [0.3, 0.4) is 0 Å². The highest BCUT2D eigenvalue weighted by Crippen LogP contribution is 2.27. The third-order valence-electron chi connectivity index (χ3n) is 7.68. The van der Waals surface area contributed by atoms with E-state index in [-0.39, 0.29) is 66.5 Å². The molecule has 0 spiro atoms. The van der Waals surface area contributed by atoms with Crippen molar-refractivity contribution in [3.8, 4) is 5.75 Å². The number of benzene rings is 1. The molecule has 4 aromatic rings. The van der Waals surface area contributed by atoms with Crippen LogP contribution < -0.4 is 16.0 Å². The Morgan fingerprint density at radius 2 is 1.87 bits per heavy atom. The number of aryl methyl sites for hydroxylation is 1. The molecular formula is C33H37N7O6S. The Hall–Kier alpha value is -5.11. The van der Waals surface area contributed by atoms with E-state index < -0.39 is 29.8 Å². The molecule has 2 atom stereocenters. The van der Waals surface area contributed by atoms with Gasteiger partial charge in [0, 0.05) is 44.1 Å². The maximum absolute atomic E-state index is 13.5. The van der Waals surface area contributed by atoms with E-state index in [0.717, 1.165) is 5.56 Å². The summed E-state index contributed by atoms with van der Waals surface area (Å²) in [5.41, 5.74) is 1.40. The highest BCUT2D eigenvalue weighted by Gasteiger charge is 2.29. The molecule has 1 aliphatic rings. The van der Waals surface area contributed by atoms with E-state index >= 15 is 0 Å². The number of nitrogens with zero attached hydrogens (tertiary/aromatic N) is 4. The number of carbonyl (C=O) groups excluding carboxylic acids is 4. The second-order valence-electron chi connectivity index (χ2n) is 11.6. The molecule has 0 fully saturated rings. The zero-order valence-corrected chi connectivity index (χ0v) is 27.2. The summed E-state index contributed by atoms with van der Waals surface area (Å²) in [5.74, 6) is -1.30. The largest absolute Gasteiger partial charge is 0.506 e.